The van der Waals surface area contributed by atoms with Crippen LogP contribution in [0.1, 0.15) is 18.4 Å². The van der Waals surface area contributed by atoms with Gasteiger partial charge in [-0.2, -0.15) is 11.8 Å². The van der Waals surface area contributed by atoms with Gasteiger partial charge in [-0.3, -0.25) is 10.1 Å². The molecule has 2 rings (SSSR count). The first-order chi connectivity index (χ1) is 8.56. The number of nitro groups is 1. The highest BCUT2D eigenvalue weighted by Gasteiger charge is 2.41. The Labute approximate surface area is 115 Å². The monoisotopic (exact) mass is 286 g/mol. The molecule has 98 valence electrons. The first-order valence-electron chi connectivity index (χ1n) is 5.75. The first-order valence-corrected chi connectivity index (χ1v) is 7.35. The third-order valence-corrected chi connectivity index (χ3v) is 5.03. The van der Waals surface area contributed by atoms with E-state index >= 15 is 0 Å². The molecule has 0 aromatic heterocycles. The van der Waals surface area contributed by atoms with E-state index in [0.29, 0.717) is 16.3 Å². The fourth-order valence-electron chi connectivity index (χ4n) is 1.83. The van der Waals surface area contributed by atoms with Crippen molar-refractivity contribution >= 4 is 29.1 Å². The van der Waals surface area contributed by atoms with E-state index in [9.17, 15) is 10.1 Å². The van der Waals surface area contributed by atoms with Crippen LogP contribution in [0.4, 0.5) is 5.69 Å². The van der Waals surface area contributed by atoms with Crippen LogP contribution >= 0.6 is 23.4 Å². The minimum atomic E-state index is -0.399. The van der Waals surface area contributed by atoms with Gasteiger partial charge >= 0.3 is 0 Å². The van der Waals surface area contributed by atoms with Gasteiger partial charge in [-0.25, -0.2) is 0 Å². The van der Waals surface area contributed by atoms with Crippen LogP contribution in [0.2, 0.25) is 5.02 Å². The lowest BCUT2D eigenvalue weighted by Gasteiger charge is -2.13. The summed E-state index contributed by atoms with van der Waals surface area (Å²) in [5, 5.41) is 14.6. The van der Waals surface area contributed by atoms with Crippen LogP contribution < -0.4 is 5.32 Å². The highest BCUT2D eigenvalue weighted by atomic mass is 35.5. The molecule has 1 aromatic carbocycles. The normalized spacial score (nSPS) is 16.6. The lowest BCUT2D eigenvalue weighted by Crippen LogP contribution is -2.25. The number of hydrogen-bond acceptors (Lipinski definition) is 4. The average Bonchev–Trinajstić information content (AvgIpc) is 3.12. The van der Waals surface area contributed by atoms with Gasteiger partial charge in [0.15, 0.2) is 0 Å². The van der Waals surface area contributed by atoms with Crippen molar-refractivity contribution in [2.24, 2.45) is 0 Å². The summed E-state index contributed by atoms with van der Waals surface area (Å²) < 4.78 is 0.382. The van der Waals surface area contributed by atoms with E-state index in [1.54, 1.807) is 6.07 Å². The fraction of sp³-hybridized carbons (Fsp3) is 0.500. The molecule has 1 saturated carbocycles. The molecule has 1 aliphatic rings. The molecule has 0 amide bonds. The van der Waals surface area contributed by atoms with Gasteiger partial charge in [0.2, 0.25) is 0 Å². The molecular weight excluding hydrogens is 272 g/mol. The molecule has 0 heterocycles. The topological polar surface area (TPSA) is 55.2 Å². The summed E-state index contributed by atoms with van der Waals surface area (Å²) in [6.07, 6.45) is 4.60. The standard InChI is InChI=1S/C12H15ClN2O2S/c1-18-12(4-5-12)8-14-7-9-6-10(15(16)17)2-3-11(9)13/h2-3,6,14H,4-5,7-8H2,1H3. The van der Waals surface area contributed by atoms with Gasteiger partial charge in [0.1, 0.15) is 0 Å². The zero-order valence-corrected chi connectivity index (χ0v) is 11.7. The second kappa shape index (κ2) is 5.47. The van der Waals surface area contributed by atoms with Crippen LogP contribution in [0, 0.1) is 10.1 Å². The Morgan fingerprint density at radius 1 is 1.56 bits per heavy atom. The highest BCUT2D eigenvalue weighted by molar-refractivity contribution is 8.00. The van der Waals surface area contributed by atoms with Crippen LogP contribution in [-0.2, 0) is 6.54 Å². The van der Waals surface area contributed by atoms with Crippen LogP contribution in [-0.4, -0.2) is 22.5 Å². The average molecular weight is 287 g/mol. The molecular formula is C12H15ClN2O2S. The molecule has 1 fully saturated rings. The van der Waals surface area contributed by atoms with Crippen molar-refractivity contribution in [1.82, 2.24) is 5.32 Å². The smallest absolute Gasteiger partial charge is 0.269 e. The SMILES string of the molecule is CSC1(CNCc2cc([N+](=O)[O-])ccc2Cl)CC1. The Kier molecular flexibility index (Phi) is 4.14. The van der Waals surface area contributed by atoms with Crippen molar-refractivity contribution < 1.29 is 4.92 Å². The molecule has 0 spiro atoms. The number of non-ortho nitro benzene ring substituents is 1. The van der Waals surface area contributed by atoms with Gasteiger partial charge in [0.25, 0.3) is 5.69 Å². The summed E-state index contributed by atoms with van der Waals surface area (Å²) >= 11 is 7.91. The van der Waals surface area contributed by atoms with Crippen LogP contribution in [0.25, 0.3) is 0 Å². The van der Waals surface area contributed by atoms with Crippen molar-refractivity contribution in [3.05, 3.63) is 38.9 Å². The van der Waals surface area contributed by atoms with E-state index in [2.05, 4.69) is 11.6 Å². The van der Waals surface area contributed by atoms with E-state index in [4.69, 9.17) is 11.6 Å². The van der Waals surface area contributed by atoms with Crippen LogP contribution in [0.5, 0.6) is 0 Å². The molecule has 1 aromatic rings. The minimum absolute atomic E-state index is 0.0854. The molecule has 0 unspecified atom stereocenters. The third kappa shape index (κ3) is 3.16. The quantitative estimate of drug-likeness (QED) is 0.644. The summed E-state index contributed by atoms with van der Waals surface area (Å²) in [5.41, 5.74) is 0.866. The van der Waals surface area contributed by atoms with Crippen molar-refractivity contribution in [3.8, 4) is 0 Å². The number of rotatable bonds is 6. The van der Waals surface area contributed by atoms with E-state index < -0.39 is 4.92 Å². The Bertz CT molecular complexity index is 463. The molecule has 0 saturated heterocycles. The van der Waals surface area contributed by atoms with Gasteiger partial charge in [-0.1, -0.05) is 11.6 Å². The number of nitrogens with zero attached hydrogens (tertiary/aromatic N) is 1. The molecule has 6 heteroatoms. The van der Waals surface area contributed by atoms with Gasteiger partial charge in [-0.05, 0) is 30.7 Å². The summed E-state index contributed by atoms with van der Waals surface area (Å²) in [5.74, 6) is 0. The van der Waals surface area contributed by atoms with E-state index in [-0.39, 0.29) is 5.69 Å². The predicted molar refractivity (Wildman–Crippen MR) is 75.3 cm³/mol. The number of thioether (sulfide) groups is 1. The van der Waals surface area contributed by atoms with Gasteiger partial charge in [-0.15, -0.1) is 0 Å². The van der Waals surface area contributed by atoms with Crippen LogP contribution in [0.3, 0.4) is 0 Å². The lowest BCUT2D eigenvalue weighted by atomic mass is 10.2. The molecule has 4 nitrogen and oxygen atoms in total. The van der Waals surface area contributed by atoms with E-state index in [0.717, 1.165) is 12.1 Å². The van der Waals surface area contributed by atoms with Crippen molar-refractivity contribution in [1.29, 1.82) is 0 Å². The molecule has 0 bridgehead atoms. The highest BCUT2D eigenvalue weighted by Crippen LogP contribution is 2.46. The van der Waals surface area contributed by atoms with Crippen LogP contribution in [0.15, 0.2) is 18.2 Å². The Balaban J connectivity index is 1.96. The molecule has 1 N–H and O–H groups in total. The molecule has 0 aliphatic heterocycles. The summed E-state index contributed by atoms with van der Waals surface area (Å²) in [4.78, 5) is 10.3. The molecule has 0 radical (unpaired) electrons. The maximum absolute atomic E-state index is 10.7. The van der Waals surface area contributed by atoms with E-state index in [1.165, 1.54) is 25.0 Å². The van der Waals surface area contributed by atoms with Gasteiger partial charge in [0.05, 0.1) is 4.92 Å². The molecule has 0 atom stereocenters. The summed E-state index contributed by atoms with van der Waals surface area (Å²) in [7, 11) is 0. The predicted octanol–water partition coefficient (Wildman–Crippen LogP) is 3.23. The maximum Gasteiger partial charge on any atom is 0.269 e. The molecule has 1 aliphatic carbocycles. The first kappa shape index (κ1) is 13.6. The maximum atomic E-state index is 10.7. The zero-order valence-electron chi connectivity index (χ0n) is 10.1. The number of nitro benzene ring substituents is 1. The fourth-order valence-corrected chi connectivity index (χ4v) is 2.77. The number of nitrogens with one attached hydrogen (secondary N) is 1. The van der Waals surface area contributed by atoms with Crippen molar-refractivity contribution in [3.63, 3.8) is 0 Å². The summed E-state index contributed by atoms with van der Waals surface area (Å²) in [6, 6.07) is 4.54. The second-order valence-electron chi connectivity index (χ2n) is 4.52. The largest absolute Gasteiger partial charge is 0.311 e. The summed E-state index contributed by atoms with van der Waals surface area (Å²) in [6.45, 7) is 1.50. The molecule has 18 heavy (non-hydrogen) atoms. The second-order valence-corrected chi connectivity index (χ2v) is 6.20. The Morgan fingerprint density at radius 3 is 2.83 bits per heavy atom. The Morgan fingerprint density at radius 2 is 2.28 bits per heavy atom. The van der Waals surface area contributed by atoms with Crippen molar-refractivity contribution in [2.45, 2.75) is 24.1 Å². The lowest BCUT2D eigenvalue weighted by molar-refractivity contribution is -0.384. The van der Waals surface area contributed by atoms with E-state index in [1.807, 2.05) is 11.8 Å². The number of halogens is 1. The zero-order chi connectivity index (χ0) is 13.2. The van der Waals surface area contributed by atoms with Gasteiger partial charge < -0.3 is 5.32 Å². The van der Waals surface area contributed by atoms with Gasteiger partial charge in [0, 0.05) is 35.0 Å². The van der Waals surface area contributed by atoms with Crippen molar-refractivity contribution in [2.75, 3.05) is 12.8 Å². The Hall–Kier alpha value is -0.780. The number of hydrogen-bond donors (Lipinski definition) is 1. The number of benzene rings is 1. The minimum Gasteiger partial charge on any atom is -0.311 e. The third-order valence-electron chi connectivity index (χ3n) is 3.24.